The summed E-state index contributed by atoms with van der Waals surface area (Å²) < 4.78 is 29.0. The van der Waals surface area contributed by atoms with Crippen molar-refractivity contribution in [2.45, 2.75) is 19.9 Å². The molecule has 0 bridgehead atoms. The van der Waals surface area contributed by atoms with Gasteiger partial charge in [-0.05, 0) is 17.4 Å². The van der Waals surface area contributed by atoms with E-state index < -0.39 is 21.7 Å². The molecule has 1 aromatic rings. The van der Waals surface area contributed by atoms with Crippen LogP contribution in [0.3, 0.4) is 0 Å². The smallest absolute Gasteiger partial charge is 0.378 e. The number of aryl methyl sites for hydroxylation is 1. The average Bonchev–Trinajstić information content (AvgIpc) is 2.83. The molecule has 10 nitrogen and oxygen atoms in total. The van der Waals surface area contributed by atoms with Crippen LogP contribution in [0, 0.1) is 0 Å². The van der Waals surface area contributed by atoms with Crippen molar-refractivity contribution in [1.82, 2.24) is 20.2 Å². The summed E-state index contributed by atoms with van der Waals surface area (Å²) >= 11 is 0. The summed E-state index contributed by atoms with van der Waals surface area (Å²) in [5.74, 6) is -2.25. The van der Waals surface area contributed by atoms with Crippen molar-refractivity contribution in [3.63, 3.8) is 0 Å². The Labute approximate surface area is 115 Å². The van der Waals surface area contributed by atoms with Crippen molar-refractivity contribution in [3.05, 3.63) is 5.82 Å². The zero-order valence-corrected chi connectivity index (χ0v) is 11.7. The van der Waals surface area contributed by atoms with Gasteiger partial charge >= 0.3 is 5.97 Å². The molecular formula is C9H15N5O5S. The summed E-state index contributed by atoms with van der Waals surface area (Å²) in [5, 5.41) is 10.3. The maximum absolute atomic E-state index is 11.6. The lowest BCUT2D eigenvalue weighted by molar-refractivity contribution is -0.117. The molecule has 0 spiro atoms. The lowest BCUT2D eigenvalue weighted by Gasteiger charge is -2.05. The van der Waals surface area contributed by atoms with Crippen LogP contribution in [-0.2, 0) is 25.9 Å². The molecule has 0 atom stereocenters. The summed E-state index contributed by atoms with van der Waals surface area (Å²) in [4.78, 5) is 22.0. The molecule has 0 aliphatic carbocycles. The Morgan fingerprint density at radius 1 is 1.35 bits per heavy atom. The number of aromatic nitrogens is 4. The van der Waals surface area contributed by atoms with Gasteiger partial charge in [0.25, 0.3) is 5.82 Å². The molecule has 112 valence electrons. The largest absolute Gasteiger partial charge is 0.460 e. The zero-order chi connectivity index (χ0) is 15.2. The van der Waals surface area contributed by atoms with Crippen LogP contribution in [0.1, 0.15) is 24.0 Å². The number of esters is 1. The van der Waals surface area contributed by atoms with Gasteiger partial charge in [0.15, 0.2) is 9.84 Å². The molecule has 2 N–H and O–H groups in total. The van der Waals surface area contributed by atoms with Crippen molar-refractivity contribution >= 4 is 21.7 Å². The molecule has 11 heteroatoms. The molecule has 1 heterocycles. The van der Waals surface area contributed by atoms with E-state index in [1.54, 1.807) is 6.92 Å². The van der Waals surface area contributed by atoms with Crippen LogP contribution in [0.5, 0.6) is 0 Å². The second-order valence-electron chi connectivity index (χ2n) is 3.81. The Kier molecular flexibility index (Phi) is 5.55. The first kappa shape index (κ1) is 16.0. The van der Waals surface area contributed by atoms with Crippen molar-refractivity contribution < 1.29 is 22.7 Å². The molecule has 0 radical (unpaired) electrons. The Hall–Kier alpha value is -2.04. The van der Waals surface area contributed by atoms with Crippen molar-refractivity contribution in [3.8, 4) is 0 Å². The molecule has 20 heavy (non-hydrogen) atoms. The third-order valence-corrected chi connectivity index (χ3v) is 3.89. The van der Waals surface area contributed by atoms with Crippen molar-refractivity contribution in [1.29, 1.82) is 0 Å². The van der Waals surface area contributed by atoms with E-state index in [1.807, 2.05) is 0 Å². The van der Waals surface area contributed by atoms with E-state index in [0.29, 0.717) is 0 Å². The minimum Gasteiger partial charge on any atom is -0.460 e. The fourth-order valence-corrected chi connectivity index (χ4v) is 2.45. The number of carbonyl (C=O) groups is 2. The predicted octanol–water partition coefficient (Wildman–Crippen LogP) is -1.86. The number of carbonyl (C=O) groups excluding carboxylic acids is 2. The number of rotatable bonds is 8. The minimum absolute atomic E-state index is 0.109. The van der Waals surface area contributed by atoms with Gasteiger partial charge in [0.1, 0.15) is 0 Å². The number of hydrogen-bond acceptors (Lipinski definition) is 8. The number of amides is 1. The summed E-state index contributed by atoms with van der Waals surface area (Å²) in [7, 11) is -3.48. The Morgan fingerprint density at radius 3 is 2.65 bits per heavy atom. The van der Waals surface area contributed by atoms with Gasteiger partial charge in [0.05, 0.1) is 24.7 Å². The van der Waals surface area contributed by atoms with E-state index in [4.69, 9.17) is 10.5 Å². The fraction of sp³-hybridized carbons (Fsp3) is 0.667. The fourth-order valence-electron chi connectivity index (χ4n) is 1.28. The first-order chi connectivity index (χ1) is 9.35. The Balaban J connectivity index is 2.64. The number of ether oxygens (including phenoxy) is 1. The summed E-state index contributed by atoms with van der Waals surface area (Å²) in [5.41, 5.74) is 4.89. The Bertz CT molecular complexity index is 581. The molecular weight excluding hydrogens is 290 g/mol. The number of primary amides is 1. The van der Waals surface area contributed by atoms with E-state index in [2.05, 4.69) is 15.5 Å². The molecule has 0 saturated heterocycles. The molecule has 0 aliphatic rings. The van der Waals surface area contributed by atoms with E-state index in [1.165, 1.54) is 0 Å². The number of tetrazole rings is 1. The van der Waals surface area contributed by atoms with Crippen LogP contribution in [0.25, 0.3) is 0 Å². The highest BCUT2D eigenvalue weighted by atomic mass is 32.2. The van der Waals surface area contributed by atoms with E-state index >= 15 is 0 Å². The first-order valence-corrected chi connectivity index (χ1v) is 7.60. The van der Waals surface area contributed by atoms with Gasteiger partial charge in [-0.2, -0.15) is 0 Å². The highest BCUT2D eigenvalue weighted by Gasteiger charge is 2.19. The third kappa shape index (κ3) is 4.91. The van der Waals surface area contributed by atoms with Gasteiger partial charge in [0.2, 0.25) is 5.91 Å². The van der Waals surface area contributed by atoms with Gasteiger partial charge in [-0.15, -0.1) is 5.10 Å². The van der Waals surface area contributed by atoms with Crippen LogP contribution in [-0.4, -0.2) is 58.6 Å². The van der Waals surface area contributed by atoms with Gasteiger partial charge < -0.3 is 10.5 Å². The molecule has 1 aromatic heterocycles. The SMILES string of the molecule is CCOC(=O)c1nnnn1CCS(=O)(=O)CCC(N)=O. The van der Waals surface area contributed by atoms with Crippen LogP contribution in [0.2, 0.25) is 0 Å². The molecule has 0 aromatic carbocycles. The van der Waals surface area contributed by atoms with Gasteiger partial charge in [-0.25, -0.2) is 17.9 Å². The first-order valence-electron chi connectivity index (χ1n) is 5.77. The molecule has 0 fully saturated rings. The molecule has 0 aliphatic heterocycles. The highest BCUT2D eigenvalue weighted by molar-refractivity contribution is 7.91. The lowest BCUT2D eigenvalue weighted by Crippen LogP contribution is -2.23. The van der Waals surface area contributed by atoms with E-state index in [0.717, 1.165) is 4.68 Å². The third-order valence-electron chi connectivity index (χ3n) is 2.26. The second kappa shape index (κ2) is 6.93. The lowest BCUT2D eigenvalue weighted by atomic mass is 10.5. The standard InChI is InChI=1S/C9H15N5O5S/c1-2-19-9(16)8-11-12-13-14(8)4-6-20(17,18)5-3-7(10)15/h2-6H2,1H3,(H2,10,15). The molecule has 1 amide bonds. The quantitative estimate of drug-likeness (QED) is 0.550. The number of hydrogen-bond donors (Lipinski definition) is 1. The van der Waals surface area contributed by atoms with E-state index in [9.17, 15) is 18.0 Å². The number of nitrogens with two attached hydrogens (primary N) is 1. The number of sulfone groups is 1. The second-order valence-corrected chi connectivity index (χ2v) is 6.12. The molecule has 0 unspecified atom stereocenters. The van der Waals surface area contributed by atoms with Gasteiger partial charge in [-0.1, -0.05) is 0 Å². The van der Waals surface area contributed by atoms with Crippen LogP contribution in [0.15, 0.2) is 0 Å². The summed E-state index contributed by atoms with van der Waals surface area (Å²) in [6.07, 6.45) is -0.247. The van der Waals surface area contributed by atoms with E-state index in [-0.39, 0.29) is 36.9 Å². The highest BCUT2D eigenvalue weighted by Crippen LogP contribution is 2.00. The molecule has 0 saturated carbocycles. The monoisotopic (exact) mass is 305 g/mol. The van der Waals surface area contributed by atoms with Crippen molar-refractivity contribution in [2.24, 2.45) is 5.73 Å². The van der Waals surface area contributed by atoms with Crippen LogP contribution < -0.4 is 5.73 Å². The summed E-state index contributed by atoms with van der Waals surface area (Å²) in [6.45, 7) is 1.67. The van der Waals surface area contributed by atoms with Crippen LogP contribution in [0.4, 0.5) is 0 Å². The zero-order valence-electron chi connectivity index (χ0n) is 10.9. The van der Waals surface area contributed by atoms with Gasteiger partial charge in [-0.3, -0.25) is 4.79 Å². The average molecular weight is 305 g/mol. The Morgan fingerprint density at radius 2 is 2.05 bits per heavy atom. The maximum Gasteiger partial charge on any atom is 0.378 e. The number of nitrogens with zero attached hydrogens (tertiary/aromatic N) is 4. The predicted molar refractivity (Wildman–Crippen MR) is 66.2 cm³/mol. The topological polar surface area (TPSA) is 147 Å². The normalized spacial score (nSPS) is 11.2. The van der Waals surface area contributed by atoms with Crippen LogP contribution >= 0.6 is 0 Å². The van der Waals surface area contributed by atoms with Crippen molar-refractivity contribution in [2.75, 3.05) is 18.1 Å². The summed E-state index contributed by atoms with van der Waals surface area (Å²) in [6, 6.07) is 0. The molecule has 1 rings (SSSR count). The van der Waals surface area contributed by atoms with Gasteiger partial charge in [0, 0.05) is 6.42 Å². The maximum atomic E-state index is 11.6. The minimum atomic E-state index is -3.48.